The summed E-state index contributed by atoms with van der Waals surface area (Å²) < 4.78 is 0. The highest BCUT2D eigenvalue weighted by atomic mass is 16.2. The Kier molecular flexibility index (Phi) is 6.23. The molecule has 4 rings (SSSR count). The van der Waals surface area contributed by atoms with Gasteiger partial charge in [-0.05, 0) is 43.5 Å². The summed E-state index contributed by atoms with van der Waals surface area (Å²) in [5.74, 6) is -0.318. The zero-order valence-electron chi connectivity index (χ0n) is 18.7. The first kappa shape index (κ1) is 21.3. The van der Waals surface area contributed by atoms with Crippen molar-refractivity contribution in [3.05, 3.63) is 76.5 Å². The van der Waals surface area contributed by atoms with E-state index in [0.29, 0.717) is 24.2 Å². The van der Waals surface area contributed by atoms with Crippen molar-refractivity contribution in [2.75, 3.05) is 39.3 Å². The Balaban J connectivity index is 1.67. The van der Waals surface area contributed by atoms with Crippen LogP contribution in [-0.2, 0) is 16.0 Å². The Morgan fingerprint density at radius 2 is 1.58 bits per heavy atom. The molecule has 2 aromatic carbocycles. The summed E-state index contributed by atoms with van der Waals surface area (Å²) in [4.78, 5) is 33.1. The van der Waals surface area contributed by atoms with Gasteiger partial charge in [-0.15, -0.1) is 0 Å². The summed E-state index contributed by atoms with van der Waals surface area (Å²) in [6, 6.07) is 16.1. The van der Waals surface area contributed by atoms with E-state index in [1.54, 1.807) is 0 Å². The smallest absolute Gasteiger partial charge is 0.277 e. The van der Waals surface area contributed by atoms with E-state index in [4.69, 9.17) is 0 Å². The summed E-state index contributed by atoms with van der Waals surface area (Å²) in [6.45, 7) is 11.0. The zero-order chi connectivity index (χ0) is 22.0. The predicted molar refractivity (Wildman–Crippen MR) is 123 cm³/mol. The lowest BCUT2D eigenvalue weighted by Gasteiger charge is -2.36. The molecule has 162 valence electrons. The van der Waals surface area contributed by atoms with Crippen molar-refractivity contribution in [3.8, 4) is 0 Å². The van der Waals surface area contributed by atoms with Gasteiger partial charge < -0.3 is 9.80 Å². The molecule has 2 aromatic rings. The van der Waals surface area contributed by atoms with Crippen molar-refractivity contribution in [2.45, 2.75) is 27.2 Å². The summed E-state index contributed by atoms with van der Waals surface area (Å²) in [7, 11) is 0. The molecule has 0 atom stereocenters. The van der Waals surface area contributed by atoms with Crippen molar-refractivity contribution in [3.63, 3.8) is 0 Å². The first-order chi connectivity index (χ1) is 15.0. The van der Waals surface area contributed by atoms with Crippen LogP contribution in [0.25, 0.3) is 5.57 Å². The maximum absolute atomic E-state index is 13.6. The van der Waals surface area contributed by atoms with Crippen LogP contribution < -0.4 is 0 Å². The fraction of sp³-hybridized carbons (Fsp3) is 0.385. The molecule has 0 aliphatic carbocycles. The number of likely N-dealkylation sites (N-methyl/N-ethyl adjacent to an activating group) is 1. The molecular weight excluding hydrogens is 386 g/mol. The Labute approximate surface area is 184 Å². The summed E-state index contributed by atoms with van der Waals surface area (Å²) in [5, 5.41) is 0. The van der Waals surface area contributed by atoms with Crippen LogP contribution >= 0.6 is 0 Å². The fourth-order valence-electron chi connectivity index (χ4n) is 4.57. The molecule has 0 radical (unpaired) electrons. The SMILES string of the molecule is CCN1CCN(C2=C(c3ccc(C)cc3C)C(=O)N(CCc3ccccc3)C2=O)CC1. The van der Waals surface area contributed by atoms with Crippen molar-refractivity contribution in [2.24, 2.45) is 0 Å². The van der Waals surface area contributed by atoms with E-state index in [9.17, 15) is 9.59 Å². The molecule has 1 fully saturated rings. The van der Waals surface area contributed by atoms with Gasteiger partial charge in [0.05, 0.1) is 5.57 Å². The van der Waals surface area contributed by atoms with Gasteiger partial charge in [0.25, 0.3) is 11.8 Å². The Hall–Kier alpha value is -2.92. The first-order valence-corrected chi connectivity index (χ1v) is 11.2. The Morgan fingerprint density at radius 1 is 0.871 bits per heavy atom. The Bertz CT molecular complexity index is 1000. The number of nitrogens with zero attached hydrogens (tertiary/aromatic N) is 3. The van der Waals surface area contributed by atoms with E-state index in [-0.39, 0.29) is 11.8 Å². The number of amides is 2. The van der Waals surface area contributed by atoms with E-state index < -0.39 is 0 Å². The second-order valence-electron chi connectivity index (χ2n) is 8.46. The lowest BCUT2D eigenvalue weighted by Crippen LogP contribution is -2.47. The number of rotatable bonds is 6. The van der Waals surface area contributed by atoms with Crippen LogP contribution in [0.4, 0.5) is 0 Å². The summed E-state index contributed by atoms with van der Waals surface area (Å²) >= 11 is 0. The third kappa shape index (κ3) is 4.28. The maximum Gasteiger partial charge on any atom is 0.277 e. The van der Waals surface area contributed by atoms with E-state index in [2.05, 4.69) is 22.8 Å². The Morgan fingerprint density at radius 3 is 2.23 bits per heavy atom. The first-order valence-electron chi connectivity index (χ1n) is 11.2. The summed E-state index contributed by atoms with van der Waals surface area (Å²) in [5.41, 5.74) is 5.34. The second kappa shape index (κ2) is 9.06. The van der Waals surface area contributed by atoms with E-state index >= 15 is 0 Å². The molecule has 2 amide bonds. The number of benzene rings is 2. The molecule has 31 heavy (non-hydrogen) atoms. The quantitative estimate of drug-likeness (QED) is 0.677. The van der Waals surface area contributed by atoms with Gasteiger partial charge >= 0.3 is 0 Å². The molecule has 1 saturated heterocycles. The van der Waals surface area contributed by atoms with Gasteiger partial charge in [-0.1, -0.05) is 61.0 Å². The molecule has 2 aliphatic heterocycles. The number of piperazine rings is 1. The maximum atomic E-state index is 13.6. The molecule has 0 aromatic heterocycles. The van der Waals surface area contributed by atoms with Crippen molar-refractivity contribution >= 4 is 17.4 Å². The van der Waals surface area contributed by atoms with E-state index in [1.165, 1.54) is 4.90 Å². The number of hydrogen-bond acceptors (Lipinski definition) is 4. The highest BCUT2D eigenvalue weighted by molar-refractivity contribution is 6.35. The number of aryl methyl sites for hydroxylation is 2. The normalized spacial score (nSPS) is 17.8. The molecule has 2 aliphatic rings. The van der Waals surface area contributed by atoms with Crippen LogP contribution in [0.15, 0.2) is 54.2 Å². The fourth-order valence-corrected chi connectivity index (χ4v) is 4.57. The third-order valence-corrected chi connectivity index (χ3v) is 6.40. The van der Waals surface area contributed by atoms with Gasteiger partial charge in [-0.3, -0.25) is 14.5 Å². The van der Waals surface area contributed by atoms with Crippen LogP contribution in [0.1, 0.15) is 29.2 Å². The lowest BCUT2D eigenvalue weighted by molar-refractivity contribution is -0.137. The van der Waals surface area contributed by atoms with Crippen molar-refractivity contribution in [1.29, 1.82) is 0 Å². The standard InChI is InChI=1S/C26H31N3O2/c1-4-27-14-16-28(17-15-27)24-23(22-11-10-19(2)18-20(22)3)25(30)29(26(24)31)13-12-21-8-6-5-7-9-21/h5-11,18H,4,12-17H2,1-3H3. The third-order valence-electron chi connectivity index (χ3n) is 6.40. The largest absolute Gasteiger partial charge is 0.364 e. The summed E-state index contributed by atoms with van der Waals surface area (Å²) in [6.07, 6.45) is 0.662. The van der Waals surface area contributed by atoms with Gasteiger partial charge in [-0.2, -0.15) is 0 Å². The van der Waals surface area contributed by atoms with Crippen molar-refractivity contribution < 1.29 is 9.59 Å². The average Bonchev–Trinajstić information content (AvgIpc) is 3.02. The van der Waals surface area contributed by atoms with Crippen LogP contribution in [-0.4, -0.2) is 65.8 Å². The minimum atomic E-state index is -0.166. The molecule has 5 nitrogen and oxygen atoms in total. The average molecular weight is 418 g/mol. The number of imide groups is 1. The molecule has 5 heteroatoms. The van der Waals surface area contributed by atoms with Crippen LogP contribution in [0.2, 0.25) is 0 Å². The van der Waals surface area contributed by atoms with Crippen LogP contribution in [0.3, 0.4) is 0 Å². The molecule has 0 bridgehead atoms. The topological polar surface area (TPSA) is 43.9 Å². The minimum Gasteiger partial charge on any atom is -0.364 e. The minimum absolute atomic E-state index is 0.152. The second-order valence-corrected chi connectivity index (χ2v) is 8.46. The van der Waals surface area contributed by atoms with Gasteiger partial charge in [0.2, 0.25) is 0 Å². The molecule has 0 saturated carbocycles. The van der Waals surface area contributed by atoms with Gasteiger partial charge in [0.1, 0.15) is 5.70 Å². The molecule has 0 spiro atoms. The van der Waals surface area contributed by atoms with Crippen LogP contribution in [0.5, 0.6) is 0 Å². The molecular formula is C26H31N3O2. The number of carbonyl (C=O) groups excluding carboxylic acids is 2. The monoisotopic (exact) mass is 417 g/mol. The highest BCUT2D eigenvalue weighted by Gasteiger charge is 2.42. The van der Waals surface area contributed by atoms with Gasteiger partial charge in [-0.25, -0.2) is 0 Å². The van der Waals surface area contributed by atoms with E-state index in [0.717, 1.165) is 55.0 Å². The van der Waals surface area contributed by atoms with E-state index in [1.807, 2.05) is 56.3 Å². The van der Waals surface area contributed by atoms with Gasteiger partial charge in [0.15, 0.2) is 0 Å². The number of carbonyl (C=O) groups is 2. The molecule has 0 N–H and O–H groups in total. The van der Waals surface area contributed by atoms with Gasteiger partial charge in [0, 0.05) is 32.7 Å². The molecule has 0 unspecified atom stereocenters. The van der Waals surface area contributed by atoms with Crippen molar-refractivity contribution in [1.82, 2.24) is 14.7 Å². The lowest BCUT2D eigenvalue weighted by atomic mass is 9.97. The molecule has 2 heterocycles. The predicted octanol–water partition coefficient (Wildman–Crippen LogP) is 3.26. The number of hydrogen-bond donors (Lipinski definition) is 0. The zero-order valence-corrected chi connectivity index (χ0v) is 18.7. The van der Waals surface area contributed by atoms with Crippen LogP contribution in [0, 0.1) is 13.8 Å². The highest BCUT2D eigenvalue weighted by Crippen LogP contribution is 2.34.